The zero-order chi connectivity index (χ0) is 11.3. The van der Waals surface area contributed by atoms with Crippen molar-refractivity contribution in [1.29, 1.82) is 0 Å². The first-order valence-corrected chi connectivity index (χ1v) is 6.32. The minimum Gasteiger partial charge on any atom is -0.468 e. The van der Waals surface area contributed by atoms with E-state index in [1.807, 2.05) is 6.07 Å². The number of carbonyl (C=O) groups is 1. The maximum atomic E-state index is 11.0. The predicted molar refractivity (Wildman–Crippen MR) is 64.9 cm³/mol. The fraction of sp³-hybridized carbons (Fsp3) is 0.500. The fourth-order valence-electron chi connectivity index (χ4n) is 1.25. The van der Waals surface area contributed by atoms with Gasteiger partial charge in [-0.15, -0.1) is 11.3 Å². The second-order valence-electron chi connectivity index (χ2n) is 3.23. The van der Waals surface area contributed by atoms with E-state index >= 15 is 0 Å². The Labute approximate surface area is 102 Å². The summed E-state index contributed by atoms with van der Waals surface area (Å²) in [5.41, 5.74) is 5.62. The number of hydrogen-bond donors (Lipinski definition) is 1. The molecule has 5 heteroatoms. The van der Waals surface area contributed by atoms with E-state index in [1.165, 1.54) is 12.0 Å². The summed E-state index contributed by atoms with van der Waals surface area (Å²) in [6, 6.07) is 3.62. The van der Waals surface area contributed by atoms with Crippen LogP contribution in [0, 0.1) is 0 Å². The zero-order valence-electron chi connectivity index (χ0n) is 8.53. The summed E-state index contributed by atoms with van der Waals surface area (Å²) in [5, 5.41) is 0. The third-order valence-corrected chi connectivity index (χ3v) is 3.75. The van der Waals surface area contributed by atoms with Crippen LogP contribution < -0.4 is 5.73 Å². The number of halogens is 1. The van der Waals surface area contributed by atoms with E-state index in [-0.39, 0.29) is 5.97 Å². The number of aryl methyl sites for hydroxylation is 1. The summed E-state index contributed by atoms with van der Waals surface area (Å²) in [7, 11) is 1.36. The van der Waals surface area contributed by atoms with E-state index in [9.17, 15) is 4.79 Å². The lowest BCUT2D eigenvalue weighted by molar-refractivity contribution is -0.142. The van der Waals surface area contributed by atoms with E-state index in [4.69, 9.17) is 5.73 Å². The largest absolute Gasteiger partial charge is 0.468 e. The normalized spacial score (nSPS) is 12.5. The molecule has 2 N–H and O–H groups in total. The van der Waals surface area contributed by atoms with Gasteiger partial charge in [0.05, 0.1) is 10.9 Å². The summed E-state index contributed by atoms with van der Waals surface area (Å²) < 4.78 is 5.68. The van der Waals surface area contributed by atoms with Crippen molar-refractivity contribution in [3.63, 3.8) is 0 Å². The van der Waals surface area contributed by atoms with Gasteiger partial charge in [-0.2, -0.15) is 0 Å². The van der Waals surface area contributed by atoms with Gasteiger partial charge in [0.25, 0.3) is 0 Å². The molecule has 1 heterocycles. The van der Waals surface area contributed by atoms with Crippen LogP contribution in [0.5, 0.6) is 0 Å². The van der Waals surface area contributed by atoms with Crippen LogP contribution >= 0.6 is 27.3 Å². The quantitative estimate of drug-likeness (QED) is 0.847. The number of methoxy groups -OCH3 is 1. The molecule has 1 unspecified atom stereocenters. The van der Waals surface area contributed by atoms with E-state index in [1.54, 1.807) is 11.3 Å². The Bertz CT molecular complexity index is 327. The molecule has 0 saturated carbocycles. The molecule has 0 aliphatic carbocycles. The maximum Gasteiger partial charge on any atom is 0.322 e. The van der Waals surface area contributed by atoms with Gasteiger partial charge < -0.3 is 10.5 Å². The van der Waals surface area contributed by atoms with E-state index in [0.29, 0.717) is 6.42 Å². The van der Waals surface area contributed by atoms with Gasteiger partial charge in [0, 0.05) is 4.88 Å². The predicted octanol–water partition coefficient (Wildman–Crippen LogP) is 2.33. The molecule has 1 rings (SSSR count). The number of nitrogens with two attached hydrogens (primary N) is 1. The van der Waals surface area contributed by atoms with Crippen molar-refractivity contribution < 1.29 is 9.53 Å². The highest BCUT2D eigenvalue weighted by Crippen LogP contribution is 2.23. The summed E-state index contributed by atoms with van der Waals surface area (Å²) in [5.74, 6) is -0.331. The van der Waals surface area contributed by atoms with Crippen LogP contribution in [0.1, 0.15) is 17.7 Å². The van der Waals surface area contributed by atoms with Crippen LogP contribution in [0.25, 0.3) is 0 Å². The second-order valence-corrected chi connectivity index (χ2v) is 5.78. The Morgan fingerprint density at radius 1 is 1.67 bits per heavy atom. The second kappa shape index (κ2) is 6.25. The highest BCUT2D eigenvalue weighted by molar-refractivity contribution is 9.11. The fourth-order valence-corrected chi connectivity index (χ4v) is 2.78. The number of hydrogen-bond acceptors (Lipinski definition) is 4. The average Bonchev–Trinajstić information content (AvgIpc) is 2.63. The van der Waals surface area contributed by atoms with Crippen molar-refractivity contribution in [1.82, 2.24) is 0 Å². The zero-order valence-corrected chi connectivity index (χ0v) is 10.9. The molecule has 0 fully saturated rings. The van der Waals surface area contributed by atoms with Crippen LogP contribution in [0.2, 0.25) is 0 Å². The highest BCUT2D eigenvalue weighted by Gasteiger charge is 2.12. The first-order valence-electron chi connectivity index (χ1n) is 4.71. The molecule has 0 saturated heterocycles. The summed E-state index contributed by atoms with van der Waals surface area (Å²) in [4.78, 5) is 12.3. The SMILES string of the molecule is COC(=O)C(N)CCCc1ccc(Br)s1. The Kier molecular flexibility index (Phi) is 5.28. The van der Waals surface area contributed by atoms with Crippen molar-refractivity contribution in [3.05, 3.63) is 20.8 Å². The molecule has 0 radical (unpaired) electrons. The summed E-state index contributed by atoms with van der Waals surface area (Å²) in [6.07, 6.45) is 2.53. The van der Waals surface area contributed by atoms with Crippen LogP contribution in [0.3, 0.4) is 0 Å². The molecule has 0 aliphatic heterocycles. The van der Waals surface area contributed by atoms with Gasteiger partial charge in [-0.3, -0.25) is 4.79 Å². The molecular formula is C10H14BrNO2S. The number of thiophene rings is 1. The third-order valence-electron chi connectivity index (χ3n) is 2.07. The van der Waals surface area contributed by atoms with Gasteiger partial charge in [-0.05, 0) is 47.3 Å². The molecule has 1 atom stereocenters. The summed E-state index contributed by atoms with van der Waals surface area (Å²) in [6.45, 7) is 0. The number of rotatable bonds is 5. The van der Waals surface area contributed by atoms with Gasteiger partial charge in [-0.1, -0.05) is 0 Å². The Morgan fingerprint density at radius 3 is 2.93 bits per heavy atom. The monoisotopic (exact) mass is 291 g/mol. The lowest BCUT2D eigenvalue weighted by atomic mass is 10.1. The Balaban J connectivity index is 2.24. The molecule has 1 aromatic heterocycles. The number of carbonyl (C=O) groups excluding carboxylic acids is 1. The van der Waals surface area contributed by atoms with E-state index in [0.717, 1.165) is 16.6 Å². The van der Waals surface area contributed by atoms with Gasteiger partial charge in [0.15, 0.2) is 0 Å². The lowest BCUT2D eigenvalue weighted by Crippen LogP contribution is -2.31. The van der Waals surface area contributed by atoms with Crippen LogP contribution in [0.4, 0.5) is 0 Å². The van der Waals surface area contributed by atoms with Crippen molar-refractivity contribution in [2.75, 3.05) is 7.11 Å². The smallest absolute Gasteiger partial charge is 0.322 e. The standard InChI is InChI=1S/C10H14BrNO2S/c1-14-10(13)8(12)4-2-3-7-5-6-9(11)15-7/h5-6,8H,2-4,12H2,1H3. The van der Waals surface area contributed by atoms with Crippen molar-refractivity contribution in [2.24, 2.45) is 5.73 Å². The first kappa shape index (κ1) is 12.7. The van der Waals surface area contributed by atoms with Crippen LogP contribution in [-0.4, -0.2) is 19.1 Å². The van der Waals surface area contributed by atoms with Crippen LogP contribution in [0.15, 0.2) is 15.9 Å². The molecule has 1 aromatic rings. The van der Waals surface area contributed by atoms with Gasteiger partial charge in [0.2, 0.25) is 0 Å². The molecule has 84 valence electrons. The summed E-state index contributed by atoms with van der Waals surface area (Å²) >= 11 is 5.12. The van der Waals surface area contributed by atoms with E-state index in [2.05, 4.69) is 26.7 Å². The minimum atomic E-state index is -0.488. The molecular weight excluding hydrogens is 278 g/mol. The molecule has 0 aliphatic rings. The maximum absolute atomic E-state index is 11.0. The molecule has 0 aromatic carbocycles. The topological polar surface area (TPSA) is 52.3 Å². The average molecular weight is 292 g/mol. The van der Waals surface area contributed by atoms with Crippen molar-refractivity contribution >= 4 is 33.2 Å². The Morgan fingerprint density at radius 2 is 2.40 bits per heavy atom. The van der Waals surface area contributed by atoms with Crippen molar-refractivity contribution in [2.45, 2.75) is 25.3 Å². The number of ether oxygens (including phenoxy) is 1. The first-order chi connectivity index (χ1) is 7.13. The Hall–Kier alpha value is -0.390. The molecule has 3 nitrogen and oxygen atoms in total. The highest BCUT2D eigenvalue weighted by atomic mass is 79.9. The minimum absolute atomic E-state index is 0.331. The van der Waals surface area contributed by atoms with Gasteiger partial charge >= 0.3 is 5.97 Å². The molecule has 0 bridgehead atoms. The molecule has 0 spiro atoms. The van der Waals surface area contributed by atoms with Crippen LogP contribution in [-0.2, 0) is 16.0 Å². The molecule has 0 amide bonds. The molecule has 15 heavy (non-hydrogen) atoms. The number of esters is 1. The van der Waals surface area contributed by atoms with Gasteiger partial charge in [-0.25, -0.2) is 0 Å². The van der Waals surface area contributed by atoms with Gasteiger partial charge in [0.1, 0.15) is 6.04 Å². The van der Waals surface area contributed by atoms with Crippen molar-refractivity contribution in [3.8, 4) is 0 Å². The lowest BCUT2D eigenvalue weighted by Gasteiger charge is -2.07. The van der Waals surface area contributed by atoms with E-state index < -0.39 is 6.04 Å². The third kappa shape index (κ3) is 4.32.